The average Bonchev–Trinajstić information content (AvgIpc) is 3.01. The third-order valence-corrected chi connectivity index (χ3v) is 3.77. The highest BCUT2D eigenvalue weighted by molar-refractivity contribution is 5.91. The van der Waals surface area contributed by atoms with Crippen molar-refractivity contribution >= 4 is 23.8 Å². The monoisotopic (exact) mass is 368 g/mol. The molecule has 0 bridgehead atoms. The molecule has 4 amide bonds. The lowest BCUT2D eigenvalue weighted by molar-refractivity contribution is -0.139. The minimum atomic E-state index is -0.949. The van der Waals surface area contributed by atoms with Gasteiger partial charge in [-0.05, 0) is 46.1 Å². The fourth-order valence-electron chi connectivity index (χ4n) is 2.65. The fraction of sp³-hybridized carbons (Fsp3) is 0.647. The Kier molecular flexibility index (Phi) is 7.60. The van der Waals surface area contributed by atoms with E-state index in [-0.39, 0.29) is 18.9 Å². The van der Waals surface area contributed by atoms with E-state index in [2.05, 4.69) is 17.2 Å². The van der Waals surface area contributed by atoms with Crippen LogP contribution >= 0.6 is 0 Å². The van der Waals surface area contributed by atoms with Gasteiger partial charge in [0, 0.05) is 13.1 Å². The maximum atomic E-state index is 12.8. The number of ether oxygens (including phenoxy) is 1. The highest BCUT2D eigenvalue weighted by Crippen LogP contribution is 2.19. The van der Waals surface area contributed by atoms with E-state index in [1.807, 2.05) is 0 Å². The molecule has 0 aromatic carbocycles. The molecule has 0 spiro atoms. The zero-order valence-electron chi connectivity index (χ0n) is 15.5. The predicted molar refractivity (Wildman–Crippen MR) is 94.9 cm³/mol. The standard InChI is InChI=1S/C17H28N4O5/c1-5-13(22)19-9-8-11(20-16(25)26-17(2,3)4)15(24)21-10-6-7-12(21)14(18)23/h5,11-12H,1,6-10H2,2-4H3,(H2,18,23)(H,19,22)(H,20,25). The Morgan fingerprint density at radius 3 is 2.54 bits per heavy atom. The fourth-order valence-corrected chi connectivity index (χ4v) is 2.65. The highest BCUT2D eigenvalue weighted by Gasteiger charge is 2.37. The SMILES string of the molecule is C=CC(=O)NCCC(NC(=O)OC(C)(C)C)C(=O)N1CCCC1C(N)=O. The van der Waals surface area contributed by atoms with Gasteiger partial charge >= 0.3 is 6.09 Å². The van der Waals surface area contributed by atoms with Gasteiger partial charge in [0.1, 0.15) is 17.7 Å². The predicted octanol–water partition coefficient (Wildman–Crippen LogP) is 0.0483. The lowest BCUT2D eigenvalue weighted by Crippen LogP contribution is -2.54. The molecule has 1 rings (SSSR count). The number of amides is 4. The summed E-state index contributed by atoms with van der Waals surface area (Å²) < 4.78 is 5.19. The summed E-state index contributed by atoms with van der Waals surface area (Å²) in [6.07, 6.45) is 1.65. The number of rotatable bonds is 7. The Morgan fingerprint density at radius 2 is 2.00 bits per heavy atom. The molecule has 1 fully saturated rings. The van der Waals surface area contributed by atoms with Crippen LogP contribution in [0.2, 0.25) is 0 Å². The number of likely N-dealkylation sites (tertiary alicyclic amines) is 1. The van der Waals surface area contributed by atoms with Gasteiger partial charge in [0.25, 0.3) is 0 Å². The first-order chi connectivity index (χ1) is 12.0. The van der Waals surface area contributed by atoms with Gasteiger partial charge in [-0.2, -0.15) is 0 Å². The first-order valence-corrected chi connectivity index (χ1v) is 8.54. The van der Waals surface area contributed by atoms with Crippen molar-refractivity contribution in [3.05, 3.63) is 12.7 Å². The number of nitrogens with one attached hydrogen (secondary N) is 2. The maximum Gasteiger partial charge on any atom is 0.408 e. The van der Waals surface area contributed by atoms with Crippen LogP contribution in [0.3, 0.4) is 0 Å². The molecule has 0 aromatic rings. The number of nitrogens with zero attached hydrogens (tertiary/aromatic N) is 1. The minimum Gasteiger partial charge on any atom is -0.444 e. The third kappa shape index (κ3) is 6.73. The summed E-state index contributed by atoms with van der Waals surface area (Å²) in [6.45, 7) is 9.00. The summed E-state index contributed by atoms with van der Waals surface area (Å²) in [6, 6.07) is -1.64. The summed E-state index contributed by atoms with van der Waals surface area (Å²) in [5.41, 5.74) is 4.63. The topological polar surface area (TPSA) is 131 Å². The van der Waals surface area contributed by atoms with Crippen LogP contribution in [0.1, 0.15) is 40.0 Å². The number of nitrogens with two attached hydrogens (primary N) is 1. The van der Waals surface area contributed by atoms with E-state index >= 15 is 0 Å². The van der Waals surface area contributed by atoms with E-state index in [4.69, 9.17) is 10.5 Å². The van der Waals surface area contributed by atoms with Crippen LogP contribution in [-0.2, 0) is 19.1 Å². The van der Waals surface area contributed by atoms with Gasteiger partial charge in [0.2, 0.25) is 17.7 Å². The van der Waals surface area contributed by atoms with E-state index in [1.54, 1.807) is 20.8 Å². The molecule has 26 heavy (non-hydrogen) atoms. The van der Waals surface area contributed by atoms with Gasteiger partial charge in [-0.3, -0.25) is 14.4 Å². The highest BCUT2D eigenvalue weighted by atomic mass is 16.6. The summed E-state index contributed by atoms with van der Waals surface area (Å²) in [7, 11) is 0. The van der Waals surface area contributed by atoms with Crippen molar-refractivity contribution in [1.29, 1.82) is 0 Å². The smallest absolute Gasteiger partial charge is 0.408 e. The maximum absolute atomic E-state index is 12.8. The van der Waals surface area contributed by atoms with Gasteiger partial charge in [-0.1, -0.05) is 6.58 Å². The molecule has 4 N–H and O–H groups in total. The van der Waals surface area contributed by atoms with E-state index in [0.29, 0.717) is 19.4 Å². The van der Waals surface area contributed by atoms with Crippen molar-refractivity contribution in [2.75, 3.05) is 13.1 Å². The second-order valence-corrected chi connectivity index (χ2v) is 7.07. The number of primary amides is 1. The zero-order valence-corrected chi connectivity index (χ0v) is 15.5. The van der Waals surface area contributed by atoms with Crippen molar-refractivity contribution < 1.29 is 23.9 Å². The van der Waals surface area contributed by atoms with Crippen molar-refractivity contribution in [3.63, 3.8) is 0 Å². The lowest BCUT2D eigenvalue weighted by Gasteiger charge is -2.28. The second kappa shape index (κ2) is 9.21. The molecule has 0 radical (unpaired) electrons. The first kappa shape index (κ1) is 21.5. The molecule has 1 saturated heterocycles. The van der Waals surface area contributed by atoms with Gasteiger partial charge in [-0.25, -0.2) is 4.79 Å². The molecule has 9 heteroatoms. The molecule has 2 atom stereocenters. The molecule has 1 aliphatic heterocycles. The zero-order chi connectivity index (χ0) is 19.9. The van der Waals surface area contributed by atoms with Crippen molar-refractivity contribution in [3.8, 4) is 0 Å². The van der Waals surface area contributed by atoms with E-state index in [1.165, 1.54) is 4.90 Å². The van der Waals surface area contributed by atoms with E-state index in [9.17, 15) is 19.2 Å². The summed E-state index contributed by atoms with van der Waals surface area (Å²) in [4.78, 5) is 49.1. The second-order valence-electron chi connectivity index (χ2n) is 7.07. The Balaban J connectivity index is 2.82. The quantitative estimate of drug-likeness (QED) is 0.547. The molecule has 9 nitrogen and oxygen atoms in total. The van der Waals surface area contributed by atoms with Gasteiger partial charge in [-0.15, -0.1) is 0 Å². The van der Waals surface area contributed by atoms with Gasteiger partial charge in [0.05, 0.1) is 0 Å². The third-order valence-electron chi connectivity index (χ3n) is 3.77. The molecule has 0 aromatic heterocycles. The number of hydrogen-bond acceptors (Lipinski definition) is 5. The number of carbonyl (C=O) groups is 4. The molecule has 1 heterocycles. The van der Waals surface area contributed by atoms with Crippen LogP contribution < -0.4 is 16.4 Å². The molecular formula is C17H28N4O5. The van der Waals surface area contributed by atoms with E-state index in [0.717, 1.165) is 6.08 Å². The Morgan fingerprint density at radius 1 is 1.35 bits per heavy atom. The molecule has 146 valence electrons. The summed E-state index contributed by atoms with van der Waals surface area (Å²) in [5, 5.41) is 5.07. The van der Waals surface area contributed by atoms with Gasteiger partial charge < -0.3 is 26.0 Å². The average molecular weight is 368 g/mol. The molecular weight excluding hydrogens is 340 g/mol. The Labute approximate surface area is 153 Å². The molecule has 1 aliphatic rings. The van der Waals surface area contributed by atoms with Crippen molar-refractivity contribution in [2.45, 2.75) is 57.7 Å². The van der Waals surface area contributed by atoms with E-state index < -0.39 is 35.6 Å². The normalized spacial score (nSPS) is 18.0. The van der Waals surface area contributed by atoms with Gasteiger partial charge in [0.15, 0.2) is 0 Å². The largest absolute Gasteiger partial charge is 0.444 e. The van der Waals surface area contributed by atoms with Crippen molar-refractivity contribution in [1.82, 2.24) is 15.5 Å². The van der Waals surface area contributed by atoms with Crippen LogP contribution in [0.5, 0.6) is 0 Å². The number of alkyl carbamates (subject to hydrolysis) is 1. The van der Waals surface area contributed by atoms with Crippen LogP contribution in [0.25, 0.3) is 0 Å². The molecule has 0 saturated carbocycles. The van der Waals surface area contributed by atoms with Crippen LogP contribution in [-0.4, -0.2) is 59.5 Å². The van der Waals surface area contributed by atoms with Crippen molar-refractivity contribution in [2.24, 2.45) is 5.73 Å². The van der Waals surface area contributed by atoms with Crippen LogP contribution in [0.15, 0.2) is 12.7 Å². The lowest BCUT2D eigenvalue weighted by atomic mass is 10.1. The molecule has 2 unspecified atom stereocenters. The Bertz CT molecular complexity index is 570. The summed E-state index contributed by atoms with van der Waals surface area (Å²) in [5.74, 6) is -1.39. The number of carbonyl (C=O) groups excluding carboxylic acids is 4. The van der Waals surface area contributed by atoms with Crippen LogP contribution in [0, 0.1) is 0 Å². The number of hydrogen-bond donors (Lipinski definition) is 3. The molecule has 0 aliphatic carbocycles. The summed E-state index contributed by atoms with van der Waals surface area (Å²) >= 11 is 0. The minimum absolute atomic E-state index is 0.139. The first-order valence-electron chi connectivity index (χ1n) is 8.54. The van der Waals surface area contributed by atoms with Crippen LogP contribution in [0.4, 0.5) is 4.79 Å². The Hall–Kier alpha value is -2.58.